The van der Waals surface area contributed by atoms with Crippen molar-refractivity contribution in [3.63, 3.8) is 0 Å². The Hall–Kier alpha value is -2.69. The number of nitrogens with one attached hydrogen (secondary N) is 1. The molecule has 0 unspecified atom stereocenters. The first-order valence-electron chi connectivity index (χ1n) is 6.31. The standard InChI is InChI=1S/C15H14N4O/c1-10-5-3-4-6-11(10)14-18-15(20-19-14)12-7-8-17-9-13(12)16-2/h3-9,16H,1-2H3. The van der Waals surface area contributed by atoms with Gasteiger partial charge in [-0.05, 0) is 18.6 Å². The minimum atomic E-state index is 0.481. The maximum atomic E-state index is 5.37. The highest BCUT2D eigenvalue weighted by molar-refractivity contribution is 5.72. The van der Waals surface area contributed by atoms with Crippen molar-refractivity contribution in [3.8, 4) is 22.8 Å². The second-order valence-corrected chi connectivity index (χ2v) is 4.41. The fourth-order valence-corrected chi connectivity index (χ4v) is 2.05. The molecule has 0 fully saturated rings. The van der Waals surface area contributed by atoms with Crippen molar-refractivity contribution in [1.29, 1.82) is 0 Å². The van der Waals surface area contributed by atoms with Crippen LogP contribution in [0.25, 0.3) is 22.8 Å². The van der Waals surface area contributed by atoms with Gasteiger partial charge in [0.1, 0.15) is 0 Å². The van der Waals surface area contributed by atoms with Crippen molar-refractivity contribution in [1.82, 2.24) is 15.1 Å². The van der Waals surface area contributed by atoms with Gasteiger partial charge in [0.05, 0.1) is 17.4 Å². The Labute approximate surface area is 116 Å². The molecule has 0 bridgehead atoms. The van der Waals surface area contributed by atoms with Gasteiger partial charge >= 0.3 is 0 Å². The van der Waals surface area contributed by atoms with E-state index < -0.39 is 0 Å². The van der Waals surface area contributed by atoms with Gasteiger partial charge in [0.25, 0.3) is 5.89 Å². The molecule has 0 spiro atoms. The molecule has 2 aromatic heterocycles. The Morgan fingerprint density at radius 2 is 1.95 bits per heavy atom. The van der Waals surface area contributed by atoms with E-state index in [-0.39, 0.29) is 0 Å². The number of benzene rings is 1. The fourth-order valence-electron chi connectivity index (χ4n) is 2.05. The van der Waals surface area contributed by atoms with Crippen molar-refractivity contribution in [2.24, 2.45) is 0 Å². The summed E-state index contributed by atoms with van der Waals surface area (Å²) in [6.45, 7) is 2.02. The molecule has 1 N–H and O–H groups in total. The second kappa shape index (κ2) is 5.13. The number of pyridine rings is 1. The summed E-state index contributed by atoms with van der Waals surface area (Å²) in [5.41, 5.74) is 3.79. The highest BCUT2D eigenvalue weighted by Gasteiger charge is 2.14. The van der Waals surface area contributed by atoms with E-state index in [2.05, 4.69) is 20.4 Å². The molecule has 0 aliphatic rings. The zero-order valence-corrected chi connectivity index (χ0v) is 11.3. The minimum Gasteiger partial charge on any atom is -0.386 e. The van der Waals surface area contributed by atoms with E-state index in [1.165, 1.54) is 0 Å². The summed E-state index contributed by atoms with van der Waals surface area (Å²) in [7, 11) is 1.83. The summed E-state index contributed by atoms with van der Waals surface area (Å²) in [5.74, 6) is 1.08. The van der Waals surface area contributed by atoms with Gasteiger partial charge in [0.2, 0.25) is 5.82 Å². The van der Waals surface area contributed by atoms with Crippen molar-refractivity contribution < 1.29 is 4.52 Å². The van der Waals surface area contributed by atoms with Crippen LogP contribution in [0.1, 0.15) is 5.56 Å². The fraction of sp³-hybridized carbons (Fsp3) is 0.133. The van der Waals surface area contributed by atoms with Crippen molar-refractivity contribution in [2.45, 2.75) is 6.92 Å². The number of anilines is 1. The first-order valence-corrected chi connectivity index (χ1v) is 6.31. The minimum absolute atomic E-state index is 0.481. The zero-order valence-electron chi connectivity index (χ0n) is 11.3. The van der Waals surface area contributed by atoms with Crippen molar-refractivity contribution in [3.05, 3.63) is 48.3 Å². The third kappa shape index (κ3) is 2.14. The zero-order chi connectivity index (χ0) is 13.9. The monoisotopic (exact) mass is 266 g/mol. The SMILES string of the molecule is CNc1cnccc1-c1nc(-c2ccccc2C)no1. The summed E-state index contributed by atoms with van der Waals surface area (Å²) >= 11 is 0. The Kier molecular flexibility index (Phi) is 3.16. The molecular formula is C15H14N4O. The Morgan fingerprint density at radius 3 is 2.75 bits per heavy atom. The highest BCUT2D eigenvalue weighted by atomic mass is 16.5. The molecule has 3 rings (SSSR count). The van der Waals surface area contributed by atoms with Crippen LogP contribution < -0.4 is 5.32 Å². The van der Waals surface area contributed by atoms with Crippen LogP contribution in [0.5, 0.6) is 0 Å². The number of hydrogen-bond donors (Lipinski definition) is 1. The molecular weight excluding hydrogens is 252 g/mol. The summed E-state index contributed by atoms with van der Waals surface area (Å²) in [6.07, 6.45) is 3.43. The van der Waals surface area contributed by atoms with E-state index in [0.717, 1.165) is 22.4 Å². The van der Waals surface area contributed by atoms with Gasteiger partial charge in [-0.3, -0.25) is 4.98 Å². The van der Waals surface area contributed by atoms with E-state index in [4.69, 9.17) is 4.52 Å². The normalized spacial score (nSPS) is 10.5. The van der Waals surface area contributed by atoms with Crippen LogP contribution in [-0.2, 0) is 0 Å². The molecule has 0 saturated heterocycles. The number of rotatable bonds is 3. The first-order chi connectivity index (χ1) is 9.79. The van der Waals surface area contributed by atoms with E-state index in [9.17, 15) is 0 Å². The van der Waals surface area contributed by atoms with E-state index in [1.54, 1.807) is 12.4 Å². The molecule has 5 nitrogen and oxygen atoms in total. The number of hydrogen-bond acceptors (Lipinski definition) is 5. The maximum Gasteiger partial charge on any atom is 0.260 e. The van der Waals surface area contributed by atoms with Gasteiger partial charge in [-0.15, -0.1) is 0 Å². The summed E-state index contributed by atoms with van der Waals surface area (Å²) in [5, 5.41) is 7.13. The highest BCUT2D eigenvalue weighted by Crippen LogP contribution is 2.28. The maximum absolute atomic E-state index is 5.37. The Morgan fingerprint density at radius 1 is 1.10 bits per heavy atom. The lowest BCUT2D eigenvalue weighted by Crippen LogP contribution is -1.93. The molecule has 0 aliphatic heterocycles. The van der Waals surface area contributed by atoms with Crippen LogP contribution in [0.3, 0.4) is 0 Å². The molecule has 3 aromatic rings. The summed E-state index contributed by atoms with van der Waals surface area (Å²) in [6, 6.07) is 9.80. The average Bonchev–Trinajstić information content (AvgIpc) is 2.97. The molecule has 0 amide bonds. The molecule has 2 heterocycles. The Balaban J connectivity index is 2.05. The smallest absolute Gasteiger partial charge is 0.260 e. The molecule has 20 heavy (non-hydrogen) atoms. The van der Waals surface area contributed by atoms with Crippen molar-refractivity contribution >= 4 is 5.69 Å². The molecule has 0 aliphatic carbocycles. The van der Waals surface area contributed by atoms with Gasteiger partial charge in [-0.2, -0.15) is 4.98 Å². The second-order valence-electron chi connectivity index (χ2n) is 4.41. The van der Waals surface area contributed by atoms with E-state index in [1.807, 2.05) is 44.3 Å². The average molecular weight is 266 g/mol. The predicted octanol–water partition coefficient (Wildman–Crippen LogP) is 3.15. The van der Waals surface area contributed by atoms with Crippen LogP contribution >= 0.6 is 0 Å². The molecule has 1 aromatic carbocycles. The quantitative estimate of drug-likeness (QED) is 0.789. The third-order valence-corrected chi connectivity index (χ3v) is 3.13. The topological polar surface area (TPSA) is 63.8 Å². The Bertz CT molecular complexity index is 736. The summed E-state index contributed by atoms with van der Waals surface area (Å²) < 4.78 is 5.37. The molecule has 0 radical (unpaired) electrons. The molecule has 5 heteroatoms. The van der Waals surface area contributed by atoms with Crippen LogP contribution in [0.2, 0.25) is 0 Å². The summed E-state index contributed by atoms with van der Waals surface area (Å²) in [4.78, 5) is 8.54. The van der Waals surface area contributed by atoms with Crippen LogP contribution in [0.4, 0.5) is 5.69 Å². The van der Waals surface area contributed by atoms with E-state index >= 15 is 0 Å². The molecule has 0 atom stereocenters. The van der Waals surface area contributed by atoms with Crippen molar-refractivity contribution in [2.75, 3.05) is 12.4 Å². The van der Waals surface area contributed by atoms with Gasteiger partial charge in [-0.25, -0.2) is 0 Å². The van der Waals surface area contributed by atoms with Crippen LogP contribution in [-0.4, -0.2) is 22.2 Å². The van der Waals surface area contributed by atoms with Gasteiger partial charge in [0, 0.05) is 18.8 Å². The van der Waals surface area contributed by atoms with Crippen LogP contribution in [0.15, 0.2) is 47.2 Å². The first kappa shape index (κ1) is 12.3. The van der Waals surface area contributed by atoms with Gasteiger partial charge in [0.15, 0.2) is 0 Å². The number of aryl methyl sites for hydroxylation is 1. The lowest BCUT2D eigenvalue weighted by molar-refractivity contribution is 0.432. The predicted molar refractivity (Wildman–Crippen MR) is 77.2 cm³/mol. The van der Waals surface area contributed by atoms with Crippen LogP contribution in [0, 0.1) is 6.92 Å². The number of nitrogens with zero attached hydrogens (tertiary/aromatic N) is 3. The lowest BCUT2D eigenvalue weighted by Gasteiger charge is -2.02. The lowest BCUT2D eigenvalue weighted by atomic mass is 10.1. The molecule has 0 saturated carbocycles. The van der Waals surface area contributed by atoms with Gasteiger partial charge in [-0.1, -0.05) is 29.4 Å². The van der Waals surface area contributed by atoms with Gasteiger partial charge < -0.3 is 9.84 Å². The molecule has 100 valence electrons. The third-order valence-electron chi connectivity index (χ3n) is 3.13. The number of aromatic nitrogens is 3. The largest absolute Gasteiger partial charge is 0.386 e. The van der Waals surface area contributed by atoms with E-state index in [0.29, 0.717) is 11.7 Å².